The highest BCUT2D eigenvalue weighted by Crippen LogP contribution is 2.31. The highest BCUT2D eigenvalue weighted by atomic mass is 35.5. The summed E-state index contributed by atoms with van der Waals surface area (Å²) in [5, 5.41) is 10.9. The molecular weight excluding hydrogens is 428 g/mol. The lowest BCUT2D eigenvalue weighted by molar-refractivity contribution is -0.384. The van der Waals surface area contributed by atoms with Crippen LogP contribution in [-0.4, -0.2) is 29.9 Å². The number of halogens is 1. The van der Waals surface area contributed by atoms with Crippen LogP contribution in [0.4, 0.5) is 5.69 Å². The molecule has 3 rings (SSSR count). The molecule has 0 saturated carbocycles. The van der Waals surface area contributed by atoms with E-state index < -0.39 is 16.9 Å². The van der Waals surface area contributed by atoms with E-state index in [1.54, 1.807) is 32.0 Å². The maximum absolute atomic E-state index is 12.2. The predicted molar refractivity (Wildman–Crippen MR) is 112 cm³/mol. The molecule has 0 aliphatic carbocycles. The van der Waals surface area contributed by atoms with E-state index in [-0.39, 0.29) is 39.5 Å². The van der Waals surface area contributed by atoms with Crippen LogP contribution in [0.1, 0.15) is 25.0 Å². The second kappa shape index (κ2) is 8.97. The van der Waals surface area contributed by atoms with Crippen LogP contribution in [0.2, 0.25) is 5.02 Å². The van der Waals surface area contributed by atoms with Crippen molar-refractivity contribution in [1.82, 2.24) is 0 Å². The summed E-state index contributed by atoms with van der Waals surface area (Å²) in [6.45, 7) is 3.43. The average Bonchev–Trinajstić information content (AvgIpc) is 3.08. The number of esters is 2. The second-order valence-electron chi connectivity index (χ2n) is 6.74. The lowest BCUT2D eigenvalue weighted by Crippen LogP contribution is -2.15. The number of carbonyl (C=O) groups excluding carboxylic acids is 2. The van der Waals surface area contributed by atoms with Gasteiger partial charge in [-0.3, -0.25) is 14.9 Å². The molecule has 160 valence electrons. The minimum Gasteiger partial charge on any atom is -0.493 e. The Morgan fingerprint density at radius 2 is 1.97 bits per heavy atom. The first-order valence-electron chi connectivity index (χ1n) is 9.06. The molecule has 1 heterocycles. The van der Waals surface area contributed by atoms with Gasteiger partial charge in [-0.1, -0.05) is 31.5 Å². The number of non-ortho nitro benzene ring substituents is 1. The number of hydrogen-bond donors (Lipinski definition) is 0. The number of hydrogen-bond acceptors (Lipinski definition) is 8. The molecule has 2 aromatic carbocycles. The molecule has 0 spiro atoms. The summed E-state index contributed by atoms with van der Waals surface area (Å²) in [6.07, 6.45) is 1.46. The first-order chi connectivity index (χ1) is 14.7. The molecule has 9 nitrogen and oxygen atoms in total. The van der Waals surface area contributed by atoms with Crippen molar-refractivity contribution in [3.63, 3.8) is 0 Å². The molecule has 10 heteroatoms. The number of nitro groups is 1. The summed E-state index contributed by atoms with van der Waals surface area (Å²) in [5.41, 5.74) is 0.601. The maximum Gasteiger partial charge on any atom is 0.363 e. The fourth-order valence-corrected chi connectivity index (χ4v) is 2.81. The van der Waals surface area contributed by atoms with E-state index >= 15 is 0 Å². The van der Waals surface area contributed by atoms with E-state index in [4.69, 9.17) is 25.8 Å². The molecule has 0 bridgehead atoms. The van der Waals surface area contributed by atoms with Gasteiger partial charge in [0.25, 0.3) is 5.69 Å². The quantitative estimate of drug-likeness (QED) is 0.216. The fourth-order valence-electron chi connectivity index (χ4n) is 2.56. The molecule has 0 fully saturated rings. The van der Waals surface area contributed by atoms with Crippen molar-refractivity contribution in [2.45, 2.75) is 13.8 Å². The van der Waals surface area contributed by atoms with Crippen LogP contribution in [0.15, 0.2) is 47.1 Å². The van der Waals surface area contributed by atoms with Crippen LogP contribution in [0.5, 0.6) is 11.5 Å². The lowest BCUT2D eigenvalue weighted by Gasteiger charge is -2.11. The zero-order valence-corrected chi connectivity index (χ0v) is 17.5. The third-order valence-corrected chi connectivity index (χ3v) is 4.50. The monoisotopic (exact) mass is 444 g/mol. The smallest absolute Gasteiger partial charge is 0.363 e. The number of nitrogens with zero attached hydrogens (tertiary/aromatic N) is 2. The Morgan fingerprint density at radius 3 is 2.58 bits per heavy atom. The number of methoxy groups -OCH3 is 1. The SMILES string of the molecule is COc1cc(/C=C2\N=C(c3ccc([N+](=O)[O-])cc3Cl)OC2=O)ccc1OC(=O)C(C)C. The van der Waals surface area contributed by atoms with Crippen molar-refractivity contribution in [2.75, 3.05) is 7.11 Å². The summed E-state index contributed by atoms with van der Waals surface area (Å²) < 4.78 is 15.7. The van der Waals surface area contributed by atoms with E-state index in [0.29, 0.717) is 11.3 Å². The van der Waals surface area contributed by atoms with Gasteiger partial charge in [0.15, 0.2) is 17.2 Å². The molecule has 2 aromatic rings. The van der Waals surface area contributed by atoms with Gasteiger partial charge in [0, 0.05) is 12.1 Å². The largest absolute Gasteiger partial charge is 0.493 e. The highest BCUT2D eigenvalue weighted by Gasteiger charge is 2.26. The second-order valence-corrected chi connectivity index (χ2v) is 7.15. The van der Waals surface area contributed by atoms with Gasteiger partial charge in [0.1, 0.15) is 0 Å². The van der Waals surface area contributed by atoms with Gasteiger partial charge in [-0.25, -0.2) is 9.79 Å². The Balaban J connectivity index is 1.90. The highest BCUT2D eigenvalue weighted by molar-refractivity contribution is 6.34. The van der Waals surface area contributed by atoms with Crippen LogP contribution in [0.25, 0.3) is 6.08 Å². The van der Waals surface area contributed by atoms with Gasteiger partial charge >= 0.3 is 11.9 Å². The van der Waals surface area contributed by atoms with Gasteiger partial charge in [0.2, 0.25) is 5.90 Å². The molecule has 1 aliphatic heterocycles. The minimum absolute atomic E-state index is 0.00148. The van der Waals surface area contributed by atoms with Crippen molar-refractivity contribution in [3.05, 3.63) is 68.4 Å². The van der Waals surface area contributed by atoms with Crippen molar-refractivity contribution in [1.29, 1.82) is 0 Å². The molecule has 0 aromatic heterocycles. The Hall–Kier alpha value is -3.72. The number of carbonyl (C=O) groups is 2. The molecule has 0 N–H and O–H groups in total. The topological polar surface area (TPSA) is 117 Å². The third-order valence-electron chi connectivity index (χ3n) is 4.19. The molecule has 0 radical (unpaired) electrons. The number of benzene rings is 2. The van der Waals surface area contributed by atoms with Gasteiger partial charge in [0.05, 0.1) is 28.5 Å². The van der Waals surface area contributed by atoms with Crippen LogP contribution < -0.4 is 9.47 Å². The summed E-state index contributed by atoms with van der Waals surface area (Å²) in [4.78, 5) is 38.5. The molecule has 0 unspecified atom stereocenters. The van der Waals surface area contributed by atoms with Gasteiger partial charge in [-0.05, 0) is 29.8 Å². The molecule has 0 saturated heterocycles. The van der Waals surface area contributed by atoms with Crippen molar-refractivity contribution in [3.8, 4) is 11.5 Å². The lowest BCUT2D eigenvalue weighted by atomic mass is 10.1. The van der Waals surface area contributed by atoms with Gasteiger partial charge in [-0.15, -0.1) is 0 Å². The Morgan fingerprint density at radius 1 is 1.23 bits per heavy atom. The van der Waals surface area contributed by atoms with E-state index in [2.05, 4.69) is 4.99 Å². The standard InChI is InChI=1S/C21H17ClN2O7/c1-11(2)20(25)30-17-7-4-12(9-18(17)29-3)8-16-21(26)31-19(23-16)14-6-5-13(24(27)28)10-15(14)22/h4-11H,1-3H3/b16-8-. The number of aliphatic imine (C=N–C) groups is 1. The van der Waals surface area contributed by atoms with Crippen molar-refractivity contribution >= 4 is 41.2 Å². The molecule has 31 heavy (non-hydrogen) atoms. The van der Waals surface area contributed by atoms with E-state index in [1.807, 2.05) is 0 Å². The zero-order chi connectivity index (χ0) is 22.7. The Labute approximate surface area is 182 Å². The third kappa shape index (κ3) is 4.89. The molecular formula is C21H17ClN2O7. The van der Waals surface area contributed by atoms with Crippen LogP contribution >= 0.6 is 11.6 Å². The van der Waals surface area contributed by atoms with E-state index in [9.17, 15) is 19.7 Å². The molecule has 0 atom stereocenters. The maximum atomic E-state index is 12.2. The summed E-state index contributed by atoms with van der Waals surface area (Å²) in [7, 11) is 1.43. The predicted octanol–water partition coefficient (Wildman–Crippen LogP) is 4.16. The summed E-state index contributed by atoms with van der Waals surface area (Å²) in [5.74, 6) is -0.933. The minimum atomic E-state index is -0.710. The fraction of sp³-hybridized carbons (Fsp3) is 0.190. The Kier molecular flexibility index (Phi) is 6.36. The normalized spacial score (nSPS) is 14.4. The molecule has 0 amide bonds. The average molecular weight is 445 g/mol. The van der Waals surface area contributed by atoms with E-state index in [1.165, 1.54) is 25.3 Å². The number of rotatable bonds is 6. The first kappa shape index (κ1) is 22.0. The van der Waals surface area contributed by atoms with Gasteiger partial charge in [-0.2, -0.15) is 0 Å². The van der Waals surface area contributed by atoms with Gasteiger partial charge < -0.3 is 14.2 Å². The zero-order valence-electron chi connectivity index (χ0n) is 16.7. The van der Waals surface area contributed by atoms with Crippen LogP contribution in [0, 0.1) is 16.0 Å². The van der Waals surface area contributed by atoms with E-state index in [0.717, 1.165) is 6.07 Å². The van der Waals surface area contributed by atoms with Crippen molar-refractivity contribution < 1.29 is 28.7 Å². The number of cyclic esters (lactones) is 1. The Bertz CT molecular complexity index is 1140. The summed E-state index contributed by atoms with van der Waals surface area (Å²) in [6, 6.07) is 8.49. The number of nitro benzene ring substituents is 1. The summed E-state index contributed by atoms with van der Waals surface area (Å²) >= 11 is 6.08. The number of ether oxygens (including phenoxy) is 3. The van der Waals surface area contributed by atoms with Crippen LogP contribution in [-0.2, 0) is 14.3 Å². The molecule has 1 aliphatic rings. The van der Waals surface area contributed by atoms with Crippen LogP contribution in [0.3, 0.4) is 0 Å². The first-order valence-corrected chi connectivity index (χ1v) is 9.44. The van der Waals surface area contributed by atoms with Crippen molar-refractivity contribution in [2.24, 2.45) is 10.9 Å².